The second kappa shape index (κ2) is 9.95. The maximum Gasteiger partial charge on any atom is 0.119 e. The highest BCUT2D eigenvalue weighted by Crippen LogP contribution is 2.60. The number of piperazine rings is 1. The number of hydrogen-bond acceptors (Lipinski definition) is 4. The highest BCUT2D eigenvalue weighted by atomic mass is 35.5. The predicted molar refractivity (Wildman–Crippen MR) is 126 cm³/mol. The Morgan fingerprint density at radius 3 is 2.00 bits per heavy atom. The fourth-order valence-electron chi connectivity index (χ4n) is 6.94. The molecule has 4 aliphatic carbocycles. The number of benzene rings is 1. The van der Waals surface area contributed by atoms with Gasteiger partial charge in [-0.1, -0.05) is 12.1 Å². The van der Waals surface area contributed by atoms with Crippen molar-refractivity contribution in [2.75, 3.05) is 46.4 Å². The number of ether oxygens (including phenoxy) is 1. The summed E-state index contributed by atoms with van der Waals surface area (Å²) in [5.74, 6) is 3.83. The molecule has 1 saturated heterocycles. The third-order valence-corrected chi connectivity index (χ3v) is 8.01. The van der Waals surface area contributed by atoms with Crippen molar-refractivity contribution in [2.45, 2.75) is 50.0 Å². The van der Waals surface area contributed by atoms with Crippen LogP contribution in [0.3, 0.4) is 0 Å². The zero-order chi connectivity index (χ0) is 19.1. The molecule has 5 aliphatic rings. The summed E-state index contributed by atoms with van der Waals surface area (Å²) in [6, 6.07) is 8.90. The Bertz CT molecular complexity index is 641. The first-order valence-electron chi connectivity index (χ1n) is 11.4. The fraction of sp³-hybridized carbons (Fsp3) is 0.750. The van der Waals surface area contributed by atoms with Gasteiger partial charge in [-0.15, -0.1) is 24.8 Å². The lowest BCUT2D eigenvalue weighted by atomic mass is 9.48. The summed E-state index contributed by atoms with van der Waals surface area (Å²) in [6.45, 7) is 5.32. The van der Waals surface area contributed by atoms with E-state index in [9.17, 15) is 5.11 Å². The topological polar surface area (TPSA) is 35.9 Å². The predicted octanol–water partition coefficient (Wildman–Crippen LogP) is 3.99. The van der Waals surface area contributed by atoms with Gasteiger partial charge in [-0.05, 0) is 86.4 Å². The molecule has 0 aromatic heterocycles. The molecule has 170 valence electrons. The minimum atomic E-state index is -0.425. The molecule has 30 heavy (non-hydrogen) atoms. The van der Waals surface area contributed by atoms with Crippen molar-refractivity contribution in [1.29, 1.82) is 0 Å². The molecule has 4 bridgehead atoms. The highest BCUT2D eigenvalue weighted by molar-refractivity contribution is 5.85. The van der Waals surface area contributed by atoms with E-state index >= 15 is 0 Å². The lowest BCUT2D eigenvalue weighted by Gasteiger charge is -2.57. The summed E-state index contributed by atoms with van der Waals surface area (Å²) >= 11 is 0. The molecule has 5 fully saturated rings. The number of β-amino-alcohol motifs (C(OH)–C–C–N with tert-alkyl or cyclic N) is 1. The van der Waals surface area contributed by atoms with Crippen LogP contribution in [0.25, 0.3) is 0 Å². The molecule has 0 radical (unpaired) electrons. The van der Waals surface area contributed by atoms with E-state index in [1.165, 1.54) is 44.1 Å². The zero-order valence-electron chi connectivity index (χ0n) is 18.2. The molecule has 4 saturated carbocycles. The molecule has 0 amide bonds. The second-order valence-electron chi connectivity index (χ2n) is 10.3. The molecule has 1 N–H and O–H groups in total. The van der Waals surface area contributed by atoms with E-state index in [4.69, 9.17) is 4.74 Å². The van der Waals surface area contributed by atoms with Gasteiger partial charge < -0.3 is 14.7 Å². The molecule has 1 aliphatic heterocycles. The van der Waals surface area contributed by atoms with Crippen molar-refractivity contribution in [3.05, 3.63) is 29.8 Å². The second-order valence-corrected chi connectivity index (χ2v) is 10.3. The van der Waals surface area contributed by atoms with Crippen LogP contribution in [0.15, 0.2) is 24.3 Å². The number of nitrogens with zero attached hydrogens (tertiary/aromatic N) is 2. The number of halogens is 2. The minimum Gasteiger partial charge on any atom is -0.491 e. The first-order chi connectivity index (χ1) is 13.6. The van der Waals surface area contributed by atoms with Crippen LogP contribution in [-0.4, -0.2) is 67.4 Å². The third kappa shape index (κ3) is 5.10. The van der Waals surface area contributed by atoms with Crippen LogP contribution in [0.1, 0.15) is 44.1 Å². The van der Waals surface area contributed by atoms with Gasteiger partial charge in [0.1, 0.15) is 18.5 Å². The summed E-state index contributed by atoms with van der Waals surface area (Å²) in [4.78, 5) is 4.68. The number of hydrogen-bond donors (Lipinski definition) is 1. The Morgan fingerprint density at radius 1 is 0.933 bits per heavy atom. The maximum absolute atomic E-state index is 10.4. The summed E-state index contributed by atoms with van der Waals surface area (Å²) in [6.07, 6.45) is 8.27. The third-order valence-electron chi connectivity index (χ3n) is 8.01. The molecule has 1 atom stereocenters. The summed E-state index contributed by atoms with van der Waals surface area (Å²) in [7, 11) is 2.16. The quantitative estimate of drug-likeness (QED) is 0.701. The van der Waals surface area contributed by atoms with Crippen molar-refractivity contribution in [3.63, 3.8) is 0 Å². The Balaban J connectivity index is 0.00000128. The van der Waals surface area contributed by atoms with E-state index in [-0.39, 0.29) is 24.8 Å². The van der Waals surface area contributed by atoms with Gasteiger partial charge in [-0.2, -0.15) is 0 Å². The molecule has 1 aromatic carbocycles. The van der Waals surface area contributed by atoms with E-state index in [1.807, 2.05) is 0 Å². The van der Waals surface area contributed by atoms with Crippen molar-refractivity contribution >= 4 is 24.8 Å². The van der Waals surface area contributed by atoms with Crippen LogP contribution < -0.4 is 4.74 Å². The standard InChI is InChI=1S/C24H36N2O2.2ClH/c1-25-6-8-26(9-7-25)16-22(27)17-28-23-4-2-21(3-5-23)24-13-18-10-19(14-24)12-20(11-18)15-24;;/h2-5,18-20,22,27H,6-17H2,1H3;2*1H. The minimum absolute atomic E-state index is 0. The SMILES string of the molecule is CN1CCN(CC(O)COc2ccc(C34CC5CC(CC(C5)C3)C4)cc2)CC1.Cl.Cl. The van der Waals surface area contributed by atoms with Gasteiger partial charge in [0.25, 0.3) is 0 Å². The molecule has 6 rings (SSSR count). The Morgan fingerprint density at radius 2 is 1.47 bits per heavy atom. The highest BCUT2D eigenvalue weighted by Gasteiger charge is 2.51. The van der Waals surface area contributed by atoms with Gasteiger partial charge in [0.15, 0.2) is 0 Å². The summed E-state index contributed by atoms with van der Waals surface area (Å²) in [5.41, 5.74) is 1.99. The van der Waals surface area contributed by atoms with Gasteiger partial charge >= 0.3 is 0 Å². The number of aliphatic hydroxyl groups is 1. The molecule has 1 unspecified atom stereocenters. The van der Waals surface area contributed by atoms with E-state index in [2.05, 4.69) is 41.1 Å². The number of likely N-dealkylation sites (N-methyl/N-ethyl adjacent to an activating group) is 1. The van der Waals surface area contributed by atoms with Crippen LogP contribution in [0.2, 0.25) is 0 Å². The van der Waals surface area contributed by atoms with Crippen LogP contribution in [-0.2, 0) is 5.41 Å². The smallest absolute Gasteiger partial charge is 0.119 e. The Kier molecular flexibility index (Phi) is 8.01. The normalized spacial score (nSPS) is 34.1. The van der Waals surface area contributed by atoms with Gasteiger partial charge in [0.05, 0.1) is 0 Å². The van der Waals surface area contributed by atoms with E-state index in [0.29, 0.717) is 18.6 Å². The van der Waals surface area contributed by atoms with E-state index in [1.54, 1.807) is 0 Å². The number of rotatable bonds is 6. The lowest BCUT2D eigenvalue weighted by molar-refractivity contribution is -0.00522. The van der Waals surface area contributed by atoms with Crippen molar-refractivity contribution < 1.29 is 9.84 Å². The Hall–Kier alpha value is -0.520. The van der Waals surface area contributed by atoms with Gasteiger partial charge in [0, 0.05) is 32.7 Å². The van der Waals surface area contributed by atoms with Gasteiger partial charge in [-0.25, -0.2) is 0 Å². The molecule has 1 heterocycles. The first kappa shape index (κ1) is 24.1. The van der Waals surface area contributed by atoms with Crippen LogP contribution in [0, 0.1) is 17.8 Å². The fourth-order valence-corrected chi connectivity index (χ4v) is 6.94. The lowest BCUT2D eigenvalue weighted by Crippen LogP contribution is -2.48. The molecule has 6 heteroatoms. The van der Waals surface area contributed by atoms with Crippen LogP contribution >= 0.6 is 24.8 Å². The van der Waals surface area contributed by atoms with E-state index < -0.39 is 6.10 Å². The molecule has 4 nitrogen and oxygen atoms in total. The van der Waals surface area contributed by atoms with Crippen LogP contribution in [0.4, 0.5) is 0 Å². The number of aliphatic hydroxyl groups excluding tert-OH is 1. The van der Waals surface area contributed by atoms with Gasteiger partial charge in [0.2, 0.25) is 0 Å². The van der Waals surface area contributed by atoms with Crippen molar-refractivity contribution in [2.24, 2.45) is 17.8 Å². The monoisotopic (exact) mass is 456 g/mol. The summed E-state index contributed by atoms with van der Waals surface area (Å²) in [5, 5.41) is 10.4. The zero-order valence-corrected chi connectivity index (χ0v) is 19.8. The molecular formula is C24H38Cl2N2O2. The van der Waals surface area contributed by atoms with Crippen LogP contribution in [0.5, 0.6) is 5.75 Å². The van der Waals surface area contributed by atoms with Gasteiger partial charge in [-0.3, -0.25) is 4.90 Å². The first-order valence-corrected chi connectivity index (χ1v) is 11.4. The summed E-state index contributed by atoms with van der Waals surface area (Å²) < 4.78 is 5.92. The molecular weight excluding hydrogens is 419 g/mol. The van der Waals surface area contributed by atoms with Crippen molar-refractivity contribution in [1.82, 2.24) is 9.80 Å². The molecule has 0 spiro atoms. The Labute approximate surface area is 194 Å². The average Bonchev–Trinajstić information content (AvgIpc) is 2.68. The largest absolute Gasteiger partial charge is 0.491 e. The van der Waals surface area contributed by atoms with E-state index in [0.717, 1.165) is 49.7 Å². The average molecular weight is 457 g/mol. The van der Waals surface area contributed by atoms with Crippen molar-refractivity contribution in [3.8, 4) is 5.75 Å². The maximum atomic E-state index is 10.4. The molecule has 1 aromatic rings.